The van der Waals surface area contributed by atoms with Gasteiger partial charge in [0.2, 0.25) is 0 Å². The number of para-hydroxylation sites is 1. The first-order chi connectivity index (χ1) is 16.7. The third-order valence-electron chi connectivity index (χ3n) is 5.34. The summed E-state index contributed by atoms with van der Waals surface area (Å²) in [5.41, 5.74) is -1.27. The monoisotopic (exact) mass is 488 g/mol. The lowest BCUT2D eigenvalue weighted by atomic mass is 10.2. The Kier molecular flexibility index (Phi) is 6.90. The van der Waals surface area contributed by atoms with Gasteiger partial charge in [-0.05, 0) is 37.6 Å². The summed E-state index contributed by atoms with van der Waals surface area (Å²) in [5, 5.41) is 9.22. The lowest BCUT2D eigenvalue weighted by Crippen LogP contribution is -2.32. The molecule has 4 rings (SSSR count). The van der Waals surface area contributed by atoms with Gasteiger partial charge < -0.3 is 20.3 Å². The molecule has 0 aliphatic carbocycles. The lowest BCUT2D eigenvalue weighted by molar-refractivity contribution is -0.141. The van der Waals surface area contributed by atoms with Crippen molar-refractivity contribution in [2.24, 2.45) is 0 Å². The molecule has 2 aromatic heterocycles. The van der Waals surface area contributed by atoms with Crippen LogP contribution in [0.5, 0.6) is 0 Å². The maximum absolute atomic E-state index is 13.5. The van der Waals surface area contributed by atoms with Crippen LogP contribution >= 0.6 is 0 Å². The Morgan fingerprint density at radius 3 is 2.60 bits per heavy atom. The number of anilines is 2. The van der Waals surface area contributed by atoms with Crippen LogP contribution in [0.2, 0.25) is 0 Å². The van der Waals surface area contributed by atoms with Gasteiger partial charge in [0, 0.05) is 25.3 Å². The molecule has 0 bridgehead atoms. The van der Waals surface area contributed by atoms with Crippen molar-refractivity contribution in [3.8, 4) is 5.69 Å². The molecule has 1 fully saturated rings. The van der Waals surface area contributed by atoms with Crippen LogP contribution in [0, 0.1) is 0 Å². The number of benzene rings is 1. The van der Waals surface area contributed by atoms with E-state index in [1.807, 2.05) is 0 Å². The predicted octanol–water partition coefficient (Wildman–Crippen LogP) is 4.18. The highest BCUT2D eigenvalue weighted by atomic mass is 19.4. The third-order valence-corrected chi connectivity index (χ3v) is 5.34. The maximum Gasteiger partial charge on any atom is 0.435 e. The van der Waals surface area contributed by atoms with E-state index in [0.717, 1.165) is 10.9 Å². The van der Waals surface area contributed by atoms with Crippen LogP contribution < -0.4 is 10.6 Å². The molecular formula is C23H23F3N6O3. The Balaban J connectivity index is 1.42. The van der Waals surface area contributed by atoms with Gasteiger partial charge in [-0.1, -0.05) is 18.2 Å². The molecule has 1 aliphatic heterocycles. The Hall–Kier alpha value is -4.09. The Morgan fingerprint density at radius 2 is 1.94 bits per heavy atom. The minimum Gasteiger partial charge on any atom is -0.450 e. The molecule has 1 aromatic carbocycles. The van der Waals surface area contributed by atoms with Gasteiger partial charge >= 0.3 is 12.3 Å². The Morgan fingerprint density at radius 1 is 1.17 bits per heavy atom. The van der Waals surface area contributed by atoms with Crippen molar-refractivity contribution in [2.45, 2.75) is 25.6 Å². The fourth-order valence-electron chi connectivity index (χ4n) is 3.68. The van der Waals surface area contributed by atoms with Gasteiger partial charge in [0.15, 0.2) is 5.69 Å². The Labute approximate surface area is 198 Å². The van der Waals surface area contributed by atoms with Gasteiger partial charge in [-0.25, -0.2) is 14.5 Å². The molecule has 2 amide bonds. The van der Waals surface area contributed by atoms with E-state index in [1.165, 1.54) is 12.3 Å². The zero-order valence-corrected chi connectivity index (χ0v) is 18.7. The first-order valence-electron chi connectivity index (χ1n) is 10.9. The number of aromatic nitrogens is 3. The number of amides is 2. The SMILES string of the molecule is CCOC(=O)N1CC[C@H](Nc2ccc(NC(=O)c3cn(-c4ccccc4)nc3C(F)(F)F)cn2)C1. The second-order valence-electron chi connectivity index (χ2n) is 7.83. The minimum atomic E-state index is -4.81. The number of carbonyl (C=O) groups is 2. The van der Waals surface area contributed by atoms with Gasteiger partial charge in [0.1, 0.15) is 5.82 Å². The molecule has 9 nitrogen and oxygen atoms in total. The highest BCUT2D eigenvalue weighted by Crippen LogP contribution is 2.32. The van der Waals surface area contributed by atoms with Crippen molar-refractivity contribution < 1.29 is 27.5 Å². The van der Waals surface area contributed by atoms with E-state index >= 15 is 0 Å². The number of halogens is 3. The maximum atomic E-state index is 13.5. The summed E-state index contributed by atoms with van der Waals surface area (Å²) in [6, 6.07) is 11.3. The van der Waals surface area contributed by atoms with E-state index in [0.29, 0.717) is 37.6 Å². The van der Waals surface area contributed by atoms with Crippen molar-refractivity contribution >= 4 is 23.5 Å². The van der Waals surface area contributed by atoms with Gasteiger partial charge in [-0.15, -0.1) is 0 Å². The van der Waals surface area contributed by atoms with Gasteiger partial charge in [0.25, 0.3) is 5.91 Å². The number of alkyl halides is 3. The zero-order chi connectivity index (χ0) is 25.0. The largest absolute Gasteiger partial charge is 0.450 e. The normalized spacial score (nSPS) is 15.7. The third kappa shape index (κ3) is 5.70. The van der Waals surface area contributed by atoms with Crippen LogP contribution in [0.15, 0.2) is 54.9 Å². The standard InChI is InChI=1S/C23H23F3N6O3/c1-2-35-22(34)31-11-10-16(13-31)28-19-9-8-15(12-27-19)29-21(33)18-14-32(17-6-4-3-5-7-17)30-20(18)23(24,25)26/h3-9,12,14,16H,2,10-11,13H2,1H3,(H,27,28)(H,29,33)/t16-/m0/s1. The highest BCUT2D eigenvalue weighted by molar-refractivity contribution is 6.05. The van der Waals surface area contributed by atoms with Crippen LogP contribution in [0.1, 0.15) is 29.4 Å². The summed E-state index contributed by atoms with van der Waals surface area (Å²) in [6.07, 6.45) is -2.07. The quantitative estimate of drug-likeness (QED) is 0.540. The number of rotatable bonds is 6. The van der Waals surface area contributed by atoms with E-state index in [1.54, 1.807) is 48.2 Å². The van der Waals surface area contributed by atoms with Crippen LogP contribution in [0.25, 0.3) is 5.69 Å². The number of ether oxygens (including phenoxy) is 1. The summed E-state index contributed by atoms with van der Waals surface area (Å²) >= 11 is 0. The molecule has 1 saturated heterocycles. The van der Waals surface area contributed by atoms with Crippen LogP contribution in [0.3, 0.4) is 0 Å². The summed E-state index contributed by atoms with van der Waals surface area (Å²) < 4.78 is 46.6. The first-order valence-corrected chi connectivity index (χ1v) is 10.9. The molecule has 184 valence electrons. The molecule has 3 heterocycles. The number of pyridine rings is 1. The molecule has 35 heavy (non-hydrogen) atoms. The number of hydrogen-bond acceptors (Lipinski definition) is 6. The van der Waals surface area contributed by atoms with Crippen molar-refractivity contribution in [3.05, 3.63) is 66.1 Å². The van der Waals surface area contributed by atoms with Gasteiger partial charge in [-0.2, -0.15) is 18.3 Å². The lowest BCUT2D eigenvalue weighted by Gasteiger charge is -2.16. The predicted molar refractivity (Wildman–Crippen MR) is 121 cm³/mol. The molecule has 0 saturated carbocycles. The summed E-state index contributed by atoms with van der Waals surface area (Å²) in [5.74, 6) is -0.450. The minimum absolute atomic E-state index is 0.0227. The number of nitrogens with one attached hydrogen (secondary N) is 2. The van der Waals surface area contributed by atoms with E-state index in [2.05, 4.69) is 20.7 Å². The average molecular weight is 488 g/mol. The fourth-order valence-corrected chi connectivity index (χ4v) is 3.68. The van der Waals surface area contributed by atoms with Crippen molar-refractivity contribution in [3.63, 3.8) is 0 Å². The molecule has 0 radical (unpaired) electrons. The number of hydrogen-bond donors (Lipinski definition) is 2. The summed E-state index contributed by atoms with van der Waals surface area (Å²) in [7, 11) is 0. The number of likely N-dealkylation sites (tertiary alicyclic amines) is 1. The zero-order valence-electron chi connectivity index (χ0n) is 18.7. The molecular weight excluding hydrogens is 465 g/mol. The van der Waals surface area contributed by atoms with Crippen molar-refractivity contribution in [1.82, 2.24) is 19.7 Å². The van der Waals surface area contributed by atoms with E-state index in [4.69, 9.17) is 4.74 Å². The van der Waals surface area contributed by atoms with Crippen LogP contribution in [-0.4, -0.2) is 57.4 Å². The Bertz CT molecular complexity index is 1180. The fraction of sp³-hybridized carbons (Fsp3) is 0.304. The molecule has 1 atom stereocenters. The molecule has 2 N–H and O–H groups in total. The van der Waals surface area contributed by atoms with Gasteiger partial charge in [-0.3, -0.25) is 4.79 Å². The second-order valence-corrected chi connectivity index (χ2v) is 7.83. The average Bonchev–Trinajstić information content (AvgIpc) is 3.49. The van der Waals surface area contributed by atoms with E-state index < -0.39 is 23.3 Å². The first kappa shape index (κ1) is 24.0. The summed E-state index contributed by atoms with van der Waals surface area (Å²) in [6.45, 7) is 3.07. The van der Waals surface area contributed by atoms with Gasteiger partial charge in [0.05, 0.1) is 29.7 Å². The summed E-state index contributed by atoms with van der Waals surface area (Å²) in [4.78, 5) is 30.3. The smallest absolute Gasteiger partial charge is 0.435 e. The number of carbonyl (C=O) groups excluding carboxylic acids is 2. The van der Waals surface area contributed by atoms with Crippen molar-refractivity contribution in [1.29, 1.82) is 0 Å². The highest BCUT2D eigenvalue weighted by Gasteiger charge is 2.39. The molecule has 1 aliphatic rings. The molecule has 0 unspecified atom stereocenters. The molecule has 12 heteroatoms. The molecule has 0 spiro atoms. The molecule has 3 aromatic rings. The second kappa shape index (κ2) is 10.0. The number of nitrogens with zero attached hydrogens (tertiary/aromatic N) is 4. The van der Waals surface area contributed by atoms with Crippen molar-refractivity contribution in [2.75, 3.05) is 30.3 Å². The topological polar surface area (TPSA) is 101 Å². The van der Waals surface area contributed by atoms with Crippen LogP contribution in [-0.2, 0) is 10.9 Å². The van der Waals surface area contributed by atoms with E-state index in [-0.39, 0.29) is 17.8 Å². The van der Waals surface area contributed by atoms with Crippen LogP contribution in [0.4, 0.5) is 29.5 Å². The van der Waals surface area contributed by atoms with E-state index in [9.17, 15) is 22.8 Å².